The predicted octanol–water partition coefficient (Wildman–Crippen LogP) is 6.27. The molecule has 0 bridgehead atoms. The van der Waals surface area contributed by atoms with Crippen molar-refractivity contribution < 1.29 is 15.0 Å². The molecule has 8 heteroatoms. The molecule has 3 heterocycles. The molecule has 38 heavy (non-hydrogen) atoms. The zero-order valence-corrected chi connectivity index (χ0v) is 25.5. The first-order valence-electron chi connectivity index (χ1n) is 12.8. The minimum absolute atomic E-state index is 0.0187. The molecule has 198 valence electrons. The number of thioether (sulfide) groups is 2. The fourth-order valence-corrected chi connectivity index (χ4v) is 10.5. The number of benzene rings is 3. The Hall–Kier alpha value is -1.13. The maximum atomic E-state index is 15.1. The molecule has 2 spiro atoms. The third kappa shape index (κ3) is 4.44. The number of nitrogens with zero attached hydrogens (tertiary/aromatic N) is 1. The number of rotatable bonds is 4. The first kappa shape index (κ1) is 27.1. The van der Waals surface area contributed by atoms with Crippen molar-refractivity contribution in [3.05, 3.63) is 104 Å². The molecular weight excluding hydrogens is 646 g/mol. The molecule has 4 nitrogen and oxygen atoms in total. The zero-order valence-electron chi connectivity index (χ0n) is 20.7. The van der Waals surface area contributed by atoms with Crippen LogP contribution in [0.1, 0.15) is 27.2 Å². The molecule has 3 aromatic rings. The number of carbonyl (C=O) groups excluding carboxylic acids is 1. The number of ketones is 1. The molecule has 6 atom stereocenters. The van der Waals surface area contributed by atoms with Gasteiger partial charge in [-0.05, 0) is 41.0 Å². The van der Waals surface area contributed by atoms with Gasteiger partial charge >= 0.3 is 0 Å². The second kappa shape index (κ2) is 10.7. The molecule has 0 amide bonds. The van der Waals surface area contributed by atoms with Gasteiger partial charge in [0.1, 0.15) is 0 Å². The van der Waals surface area contributed by atoms with Crippen LogP contribution < -0.4 is 0 Å². The maximum absolute atomic E-state index is 15.1. The van der Waals surface area contributed by atoms with E-state index >= 15 is 4.79 Å². The number of hydrogen-bond donors (Lipinski definition) is 2. The van der Waals surface area contributed by atoms with Crippen LogP contribution >= 0.6 is 55.4 Å². The second-order valence-electron chi connectivity index (χ2n) is 10.6. The van der Waals surface area contributed by atoms with E-state index in [-0.39, 0.29) is 16.3 Å². The van der Waals surface area contributed by atoms with Crippen LogP contribution in [0.3, 0.4) is 0 Å². The van der Waals surface area contributed by atoms with Crippen LogP contribution in [0.2, 0.25) is 0 Å². The van der Waals surface area contributed by atoms with Crippen LogP contribution in [0.15, 0.2) is 87.8 Å². The molecular formula is C30H29Br2NO3S2. The second-order valence-corrected chi connectivity index (χ2v) is 14.7. The topological polar surface area (TPSA) is 60.8 Å². The van der Waals surface area contributed by atoms with Crippen molar-refractivity contribution in [2.75, 3.05) is 24.6 Å². The lowest BCUT2D eigenvalue weighted by atomic mass is 9.58. The molecule has 3 fully saturated rings. The number of likely N-dealkylation sites (tertiary alicyclic amines) is 1. The summed E-state index contributed by atoms with van der Waals surface area (Å²) in [5, 5.41) is 23.0. The quantitative estimate of drug-likeness (QED) is 0.341. The monoisotopic (exact) mass is 673 g/mol. The Kier molecular flexibility index (Phi) is 7.61. The van der Waals surface area contributed by atoms with E-state index in [1.54, 1.807) is 23.5 Å². The van der Waals surface area contributed by atoms with E-state index in [1.807, 2.05) is 42.5 Å². The Balaban J connectivity index is 1.50. The van der Waals surface area contributed by atoms with Crippen molar-refractivity contribution in [2.45, 2.75) is 29.3 Å². The fraction of sp³-hybridized carbons (Fsp3) is 0.367. The van der Waals surface area contributed by atoms with Gasteiger partial charge in [0, 0.05) is 50.6 Å². The number of piperidine rings is 1. The van der Waals surface area contributed by atoms with Gasteiger partial charge in [0.05, 0.1) is 23.0 Å². The average molecular weight is 676 g/mol. The van der Waals surface area contributed by atoms with Gasteiger partial charge in [0.25, 0.3) is 0 Å². The van der Waals surface area contributed by atoms with Gasteiger partial charge in [0.2, 0.25) is 0 Å². The summed E-state index contributed by atoms with van der Waals surface area (Å²) in [7, 11) is 0. The first-order valence-corrected chi connectivity index (χ1v) is 16.4. The van der Waals surface area contributed by atoms with Gasteiger partial charge in [-0.3, -0.25) is 9.69 Å². The van der Waals surface area contributed by atoms with Crippen molar-refractivity contribution >= 4 is 61.2 Å². The number of Topliss-reactive ketones (excluding diaryl/α,β-unsaturated/α-hetero) is 1. The standard InChI is InChI=1S/C30H29Br2NO3S2/c31-22-10-6-20(7-11-22)26-29(24(34)15-37-26)17-33(14-19-4-2-1-3-5-19)18-30(28(29)36)25(35)16-38-27(30)21-8-12-23(32)13-9-21/h1-13,24-27,34-35H,14-18H2. The Labute approximate surface area is 248 Å². The lowest BCUT2D eigenvalue weighted by Gasteiger charge is -2.54. The van der Waals surface area contributed by atoms with E-state index in [2.05, 4.69) is 73.2 Å². The summed E-state index contributed by atoms with van der Waals surface area (Å²) in [5.41, 5.74) is 1.20. The van der Waals surface area contributed by atoms with Crippen LogP contribution in [0.25, 0.3) is 0 Å². The van der Waals surface area contributed by atoms with Gasteiger partial charge in [-0.25, -0.2) is 0 Å². The first-order chi connectivity index (χ1) is 18.3. The number of hydrogen-bond acceptors (Lipinski definition) is 6. The molecule has 3 saturated heterocycles. The third-order valence-electron chi connectivity index (χ3n) is 8.38. The van der Waals surface area contributed by atoms with E-state index in [9.17, 15) is 10.2 Å². The number of aliphatic hydroxyl groups excluding tert-OH is 2. The number of aliphatic hydroxyl groups is 2. The molecule has 3 aliphatic heterocycles. The SMILES string of the molecule is O=C1C2(CN(Cc3ccccc3)CC13C(O)CSC3c1ccc(Br)cc1)C(O)CSC2c1ccc(Br)cc1. The van der Waals surface area contributed by atoms with Crippen LogP contribution in [-0.4, -0.2) is 57.7 Å². The van der Waals surface area contributed by atoms with E-state index in [4.69, 9.17) is 0 Å². The minimum Gasteiger partial charge on any atom is -0.391 e. The molecule has 3 aliphatic rings. The Morgan fingerprint density at radius 3 is 1.63 bits per heavy atom. The third-order valence-corrected chi connectivity index (χ3v) is 12.5. The van der Waals surface area contributed by atoms with Crippen molar-refractivity contribution in [2.24, 2.45) is 10.8 Å². The van der Waals surface area contributed by atoms with Crippen LogP contribution in [0, 0.1) is 10.8 Å². The molecule has 6 unspecified atom stereocenters. The van der Waals surface area contributed by atoms with E-state index in [1.165, 1.54) is 0 Å². The summed E-state index contributed by atoms with van der Waals surface area (Å²) >= 11 is 10.4. The summed E-state index contributed by atoms with van der Waals surface area (Å²) in [6, 6.07) is 26.5. The maximum Gasteiger partial charge on any atom is 0.155 e. The Morgan fingerprint density at radius 2 is 1.18 bits per heavy atom. The number of carbonyl (C=O) groups is 1. The van der Waals surface area contributed by atoms with Gasteiger partial charge in [-0.2, -0.15) is 0 Å². The summed E-state index contributed by atoms with van der Waals surface area (Å²) in [4.78, 5) is 17.4. The van der Waals surface area contributed by atoms with Crippen molar-refractivity contribution in [1.82, 2.24) is 4.90 Å². The largest absolute Gasteiger partial charge is 0.391 e. The minimum atomic E-state index is -1.02. The highest BCUT2D eigenvalue weighted by Gasteiger charge is 2.70. The molecule has 0 aliphatic carbocycles. The summed E-state index contributed by atoms with van der Waals surface area (Å²) in [5.74, 6) is 1.01. The Morgan fingerprint density at radius 1 is 0.737 bits per heavy atom. The van der Waals surface area contributed by atoms with Crippen LogP contribution in [-0.2, 0) is 11.3 Å². The zero-order chi connectivity index (χ0) is 26.5. The van der Waals surface area contributed by atoms with Gasteiger partial charge in [-0.15, -0.1) is 23.5 Å². The lowest BCUT2D eigenvalue weighted by Crippen LogP contribution is -2.67. The molecule has 3 aromatic carbocycles. The predicted molar refractivity (Wildman–Crippen MR) is 162 cm³/mol. The van der Waals surface area contributed by atoms with E-state index in [0.29, 0.717) is 31.1 Å². The molecule has 0 saturated carbocycles. The molecule has 0 radical (unpaired) electrons. The molecule has 6 rings (SSSR count). The Bertz CT molecular complexity index is 1230. The summed E-state index contributed by atoms with van der Waals surface area (Å²) in [6.07, 6.45) is -1.60. The fourth-order valence-electron chi connectivity index (χ4n) is 6.63. The van der Waals surface area contributed by atoms with Crippen molar-refractivity contribution in [3.8, 4) is 0 Å². The van der Waals surface area contributed by atoms with E-state index in [0.717, 1.165) is 25.6 Å². The normalized spacial score (nSPS) is 33.4. The highest BCUT2D eigenvalue weighted by atomic mass is 79.9. The van der Waals surface area contributed by atoms with Crippen molar-refractivity contribution in [1.29, 1.82) is 0 Å². The number of halogens is 2. The van der Waals surface area contributed by atoms with Gasteiger partial charge in [-0.1, -0.05) is 86.5 Å². The summed E-state index contributed by atoms with van der Waals surface area (Å²) < 4.78 is 1.96. The van der Waals surface area contributed by atoms with Crippen LogP contribution in [0.4, 0.5) is 0 Å². The molecule has 0 aromatic heterocycles. The molecule has 2 N–H and O–H groups in total. The van der Waals surface area contributed by atoms with Gasteiger partial charge < -0.3 is 10.2 Å². The van der Waals surface area contributed by atoms with Gasteiger partial charge in [0.15, 0.2) is 5.78 Å². The highest BCUT2D eigenvalue weighted by molar-refractivity contribution is 9.10. The highest BCUT2D eigenvalue weighted by Crippen LogP contribution is 2.65. The average Bonchev–Trinajstić information content (AvgIpc) is 3.41. The summed E-state index contributed by atoms with van der Waals surface area (Å²) in [6.45, 7) is 1.58. The lowest BCUT2D eigenvalue weighted by molar-refractivity contribution is -0.165. The van der Waals surface area contributed by atoms with Crippen molar-refractivity contribution in [3.63, 3.8) is 0 Å². The van der Waals surface area contributed by atoms with Crippen LogP contribution in [0.5, 0.6) is 0 Å². The smallest absolute Gasteiger partial charge is 0.155 e. The van der Waals surface area contributed by atoms with E-state index < -0.39 is 23.0 Å².